The fourth-order valence-electron chi connectivity index (χ4n) is 1.98. The molecule has 104 valence electrons. The maximum absolute atomic E-state index is 12.7. The van der Waals surface area contributed by atoms with Gasteiger partial charge in [-0.1, -0.05) is 6.07 Å². The van der Waals surface area contributed by atoms with Crippen LogP contribution in [0.2, 0.25) is 0 Å². The molecule has 0 aliphatic carbocycles. The van der Waals surface area contributed by atoms with Gasteiger partial charge in [-0.05, 0) is 37.6 Å². The Kier molecular flexibility index (Phi) is 3.98. The van der Waals surface area contributed by atoms with Gasteiger partial charge in [0.25, 0.3) is 5.91 Å². The zero-order chi connectivity index (χ0) is 14.7. The van der Waals surface area contributed by atoms with Crippen LogP contribution in [0.25, 0.3) is 0 Å². The van der Waals surface area contributed by atoms with Crippen LogP contribution < -0.4 is 10.1 Å². The number of benzene rings is 1. The number of hydrogen-bond donors (Lipinski definition) is 1. The van der Waals surface area contributed by atoms with Crippen LogP contribution >= 0.6 is 0 Å². The van der Waals surface area contributed by atoms with Crippen LogP contribution in [-0.4, -0.2) is 18.0 Å². The molecular weight excluding hydrogens is 259 g/mol. The van der Waals surface area contributed by atoms with Crippen molar-refractivity contribution in [2.24, 2.45) is 0 Å². The fraction of sp³-hybridized carbons (Fsp3) is 0.200. The second kappa shape index (κ2) is 5.69. The van der Waals surface area contributed by atoms with Gasteiger partial charge in [-0.2, -0.15) is 4.39 Å². The van der Waals surface area contributed by atoms with Crippen LogP contribution in [0.5, 0.6) is 5.75 Å². The Morgan fingerprint density at radius 2 is 2.00 bits per heavy atom. The molecule has 0 unspecified atom stereocenters. The monoisotopic (exact) mass is 274 g/mol. The molecule has 1 amide bonds. The van der Waals surface area contributed by atoms with Gasteiger partial charge < -0.3 is 10.1 Å². The molecule has 2 rings (SSSR count). The number of carbonyl (C=O) groups is 1. The molecule has 0 bridgehead atoms. The maximum atomic E-state index is 12.7. The smallest absolute Gasteiger partial charge is 0.257 e. The molecular formula is C15H15FN2O2. The molecule has 2 aromatic rings. The number of nitrogens with zero attached hydrogens (tertiary/aromatic N) is 1. The van der Waals surface area contributed by atoms with E-state index in [4.69, 9.17) is 4.74 Å². The summed E-state index contributed by atoms with van der Waals surface area (Å²) in [4.78, 5) is 15.5. The van der Waals surface area contributed by atoms with Crippen molar-refractivity contribution in [3.8, 4) is 5.75 Å². The Labute approximate surface area is 116 Å². The highest BCUT2D eigenvalue weighted by Gasteiger charge is 2.12. The van der Waals surface area contributed by atoms with Gasteiger partial charge in [-0.15, -0.1) is 0 Å². The molecule has 0 aliphatic rings. The summed E-state index contributed by atoms with van der Waals surface area (Å²) >= 11 is 0. The molecule has 0 saturated heterocycles. The second-order valence-corrected chi connectivity index (χ2v) is 4.41. The lowest BCUT2D eigenvalue weighted by Crippen LogP contribution is -2.13. The van der Waals surface area contributed by atoms with E-state index in [2.05, 4.69) is 10.3 Å². The highest BCUT2D eigenvalue weighted by Crippen LogP contribution is 2.29. The lowest BCUT2D eigenvalue weighted by atomic mass is 10.1. The average Bonchev–Trinajstić information content (AvgIpc) is 2.43. The molecule has 1 aromatic carbocycles. The fourth-order valence-corrected chi connectivity index (χ4v) is 1.98. The minimum absolute atomic E-state index is 0.297. The SMILES string of the molecule is COc1c(C)ccc(NC(=O)c2ccc(F)nc2)c1C. The molecule has 1 aromatic heterocycles. The van der Waals surface area contributed by atoms with Gasteiger partial charge in [-0.25, -0.2) is 4.98 Å². The second-order valence-electron chi connectivity index (χ2n) is 4.41. The van der Waals surface area contributed by atoms with E-state index in [0.717, 1.165) is 22.9 Å². The maximum Gasteiger partial charge on any atom is 0.257 e. The summed E-state index contributed by atoms with van der Waals surface area (Å²) in [6.45, 7) is 3.80. The Balaban J connectivity index is 2.26. The van der Waals surface area contributed by atoms with E-state index in [1.807, 2.05) is 26.0 Å². The van der Waals surface area contributed by atoms with Gasteiger partial charge in [0.05, 0.1) is 12.7 Å². The number of ether oxygens (including phenoxy) is 1. The minimum Gasteiger partial charge on any atom is -0.496 e. The summed E-state index contributed by atoms with van der Waals surface area (Å²) in [6.07, 6.45) is 1.20. The van der Waals surface area contributed by atoms with E-state index in [0.29, 0.717) is 11.3 Å². The molecule has 1 heterocycles. The number of pyridine rings is 1. The van der Waals surface area contributed by atoms with Crippen molar-refractivity contribution in [3.05, 3.63) is 53.1 Å². The van der Waals surface area contributed by atoms with Crippen molar-refractivity contribution in [2.45, 2.75) is 13.8 Å². The van der Waals surface area contributed by atoms with E-state index >= 15 is 0 Å². The third kappa shape index (κ3) is 2.77. The normalized spacial score (nSPS) is 10.2. The molecule has 0 radical (unpaired) electrons. The Morgan fingerprint density at radius 1 is 1.25 bits per heavy atom. The number of hydrogen-bond acceptors (Lipinski definition) is 3. The molecule has 0 saturated carbocycles. The topological polar surface area (TPSA) is 51.2 Å². The zero-order valence-corrected chi connectivity index (χ0v) is 11.5. The summed E-state index contributed by atoms with van der Waals surface area (Å²) in [5, 5.41) is 2.77. The standard InChI is InChI=1S/C15H15FN2O2/c1-9-4-6-12(10(2)14(9)20-3)18-15(19)11-5-7-13(16)17-8-11/h4-8H,1-3H3,(H,18,19). The van der Waals surface area contributed by atoms with Crippen molar-refractivity contribution >= 4 is 11.6 Å². The van der Waals surface area contributed by atoms with Gasteiger partial charge in [-0.3, -0.25) is 4.79 Å². The first kappa shape index (κ1) is 14.0. The van der Waals surface area contributed by atoms with E-state index in [9.17, 15) is 9.18 Å². The van der Waals surface area contributed by atoms with Crippen molar-refractivity contribution < 1.29 is 13.9 Å². The first-order chi connectivity index (χ1) is 9.52. The van der Waals surface area contributed by atoms with Crippen LogP contribution in [0.1, 0.15) is 21.5 Å². The van der Waals surface area contributed by atoms with Crippen LogP contribution in [-0.2, 0) is 0 Å². The third-order valence-electron chi connectivity index (χ3n) is 3.04. The van der Waals surface area contributed by atoms with E-state index < -0.39 is 5.95 Å². The van der Waals surface area contributed by atoms with Gasteiger partial charge in [0, 0.05) is 17.4 Å². The van der Waals surface area contributed by atoms with Crippen molar-refractivity contribution in [2.75, 3.05) is 12.4 Å². The van der Waals surface area contributed by atoms with Gasteiger partial charge in [0.1, 0.15) is 5.75 Å². The molecule has 0 fully saturated rings. The first-order valence-electron chi connectivity index (χ1n) is 6.10. The Morgan fingerprint density at radius 3 is 2.60 bits per heavy atom. The molecule has 20 heavy (non-hydrogen) atoms. The number of nitrogens with one attached hydrogen (secondary N) is 1. The molecule has 0 aliphatic heterocycles. The number of amides is 1. The molecule has 1 N–H and O–H groups in total. The highest BCUT2D eigenvalue weighted by atomic mass is 19.1. The number of aryl methyl sites for hydroxylation is 1. The van der Waals surface area contributed by atoms with Crippen LogP contribution in [0.4, 0.5) is 10.1 Å². The summed E-state index contributed by atoms with van der Waals surface area (Å²) in [7, 11) is 1.59. The quantitative estimate of drug-likeness (QED) is 0.875. The van der Waals surface area contributed by atoms with Crippen LogP contribution in [0, 0.1) is 19.8 Å². The predicted octanol–water partition coefficient (Wildman–Crippen LogP) is 3.10. The van der Waals surface area contributed by atoms with Gasteiger partial charge in [0.2, 0.25) is 5.95 Å². The van der Waals surface area contributed by atoms with E-state index in [1.54, 1.807) is 7.11 Å². The van der Waals surface area contributed by atoms with Crippen molar-refractivity contribution in [1.82, 2.24) is 4.98 Å². The zero-order valence-electron chi connectivity index (χ0n) is 11.5. The van der Waals surface area contributed by atoms with Crippen LogP contribution in [0.15, 0.2) is 30.5 Å². The van der Waals surface area contributed by atoms with Gasteiger partial charge in [0.15, 0.2) is 0 Å². The Hall–Kier alpha value is -2.43. The molecule has 0 spiro atoms. The summed E-state index contributed by atoms with van der Waals surface area (Å²) in [5.74, 6) is -0.221. The molecule has 0 atom stereocenters. The molecule has 4 nitrogen and oxygen atoms in total. The average molecular weight is 274 g/mol. The lowest BCUT2D eigenvalue weighted by molar-refractivity contribution is 0.102. The van der Waals surface area contributed by atoms with Crippen LogP contribution in [0.3, 0.4) is 0 Å². The van der Waals surface area contributed by atoms with Crippen molar-refractivity contribution in [3.63, 3.8) is 0 Å². The predicted molar refractivity (Wildman–Crippen MR) is 74.6 cm³/mol. The van der Waals surface area contributed by atoms with E-state index in [1.165, 1.54) is 12.3 Å². The van der Waals surface area contributed by atoms with Gasteiger partial charge >= 0.3 is 0 Å². The first-order valence-corrected chi connectivity index (χ1v) is 6.10. The summed E-state index contributed by atoms with van der Waals surface area (Å²) < 4.78 is 18.0. The minimum atomic E-state index is -0.616. The number of anilines is 1. The van der Waals surface area contributed by atoms with Crippen molar-refractivity contribution in [1.29, 1.82) is 0 Å². The number of carbonyl (C=O) groups excluding carboxylic acids is 1. The van der Waals surface area contributed by atoms with E-state index in [-0.39, 0.29) is 5.91 Å². The highest BCUT2D eigenvalue weighted by molar-refractivity contribution is 6.04. The summed E-state index contributed by atoms with van der Waals surface area (Å²) in [5.41, 5.74) is 2.79. The summed E-state index contributed by atoms with van der Waals surface area (Å²) in [6, 6.07) is 6.21. The Bertz CT molecular complexity index is 639. The molecule has 5 heteroatoms. The largest absolute Gasteiger partial charge is 0.496 e. The number of methoxy groups -OCH3 is 1. The number of rotatable bonds is 3. The lowest BCUT2D eigenvalue weighted by Gasteiger charge is -2.14. The third-order valence-corrected chi connectivity index (χ3v) is 3.04. The number of halogens is 1. The number of aromatic nitrogens is 1.